The first-order chi connectivity index (χ1) is 7.72. The minimum absolute atomic E-state index is 0.126. The van der Waals surface area contributed by atoms with Crippen molar-refractivity contribution < 1.29 is 15.0 Å². The summed E-state index contributed by atoms with van der Waals surface area (Å²) in [5, 5.41) is 19.6. The Labute approximate surface area is 105 Å². The molecule has 0 saturated carbocycles. The summed E-state index contributed by atoms with van der Waals surface area (Å²) in [6.45, 7) is 6.91. The monoisotopic (exact) mass is 272 g/mol. The zero-order chi connectivity index (χ0) is 12.8. The van der Waals surface area contributed by atoms with Gasteiger partial charge in [0.05, 0.1) is 21.2 Å². The van der Waals surface area contributed by atoms with Crippen LogP contribution in [0.1, 0.15) is 5.01 Å². The average molecular weight is 272 g/mol. The number of β-amino-alcohol motifs (C(OH)–C–C–N with tert-alkyl or cyclic N) is 1. The number of amides is 1. The van der Waals surface area contributed by atoms with Crippen LogP contribution in [0.15, 0.2) is 6.20 Å². The van der Waals surface area contributed by atoms with Gasteiger partial charge in [-0.15, -0.1) is 11.3 Å². The van der Waals surface area contributed by atoms with Crippen molar-refractivity contribution in [3.8, 4) is 0 Å². The topological polar surface area (TPSA) is 73.7 Å². The third-order valence-electron chi connectivity index (χ3n) is 2.82. The number of aliphatic hydroxyl groups is 1. The Kier molecular flexibility index (Phi) is 2.79. The molecule has 2 N–H and O–H groups in total. The van der Waals surface area contributed by atoms with Gasteiger partial charge in [-0.25, -0.2) is 9.78 Å². The Balaban J connectivity index is 2.15. The van der Waals surface area contributed by atoms with Crippen molar-refractivity contribution in [2.75, 3.05) is 13.1 Å². The molecule has 1 aliphatic heterocycles. The molecule has 0 bridgehead atoms. The van der Waals surface area contributed by atoms with E-state index in [4.69, 9.17) is 5.11 Å². The van der Waals surface area contributed by atoms with Gasteiger partial charge in [0.15, 0.2) is 5.60 Å². The van der Waals surface area contributed by atoms with E-state index in [1.54, 1.807) is 0 Å². The highest BCUT2D eigenvalue weighted by Gasteiger charge is 2.47. The van der Waals surface area contributed by atoms with Gasteiger partial charge in [0.1, 0.15) is 5.01 Å². The highest BCUT2D eigenvalue weighted by molar-refractivity contribution is 7.26. The van der Waals surface area contributed by atoms with Crippen LogP contribution in [0.4, 0.5) is 4.79 Å². The van der Waals surface area contributed by atoms with Gasteiger partial charge >= 0.3 is 6.09 Å². The predicted molar refractivity (Wildman–Crippen MR) is 68.6 cm³/mol. The lowest BCUT2D eigenvalue weighted by Gasteiger charge is -2.43. The highest BCUT2D eigenvalue weighted by Crippen LogP contribution is 2.33. The molecule has 0 spiro atoms. The molecule has 1 saturated heterocycles. The minimum atomic E-state index is -1.40. The van der Waals surface area contributed by atoms with Gasteiger partial charge in [0.25, 0.3) is 0 Å². The molecular formula is C10H16N2O3SSi. The maximum absolute atomic E-state index is 10.7. The van der Waals surface area contributed by atoms with Crippen LogP contribution in [0, 0.1) is 0 Å². The van der Waals surface area contributed by atoms with E-state index < -0.39 is 19.8 Å². The Hall–Kier alpha value is -0.923. The van der Waals surface area contributed by atoms with Crippen molar-refractivity contribution in [3.05, 3.63) is 11.2 Å². The molecule has 0 radical (unpaired) electrons. The van der Waals surface area contributed by atoms with Crippen molar-refractivity contribution in [1.82, 2.24) is 9.88 Å². The Morgan fingerprint density at radius 1 is 1.53 bits per heavy atom. The van der Waals surface area contributed by atoms with Gasteiger partial charge < -0.3 is 15.1 Å². The molecule has 0 aromatic carbocycles. The number of hydrogen-bond donors (Lipinski definition) is 2. The molecule has 1 aromatic rings. The van der Waals surface area contributed by atoms with Crippen LogP contribution in [-0.2, 0) is 5.60 Å². The van der Waals surface area contributed by atoms with Crippen molar-refractivity contribution in [3.63, 3.8) is 0 Å². The van der Waals surface area contributed by atoms with E-state index in [1.165, 1.54) is 20.7 Å². The van der Waals surface area contributed by atoms with Gasteiger partial charge in [-0.3, -0.25) is 0 Å². The lowest BCUT2D eigenvalue weighted by molar-refractivity contribution is -0.0898. The standard InChI is InChI=1S/C10H16N2O3SSi/c1-17(2,3)7-4-11-8(16-7)10(15)5-12(6-10)9(13)14/h4,15H,5-6H2,1-3H3,(H,13,14). The summed E-state index contributed by atoms with van der Waals surface area (Å²) in [5.41, 5.74) is -1.07. The Morgan fingerprint density at radius 2 is 2.12 bits per heavy atom. The SMILES string of the molecule is C[Si](C)(C)c1cnc(C2(O)CN(C(=O)O)C2)s1. The first-order valence-corrected chi connectivity index (χ1v) is 9.71. The van der Waals surface area contributed by atoms with Gasteiger partial charge in [-0.05, 0) is 0 Å². The molecule has 0 aliphatic carbocycles. The maximum Gasteiger partial charge on any atom is 0.407 e. The van der Waals surface area contributed by atoms with Crippen LogP contribution in [0.5, 0.6) is 0 Å². The molecule has 2 heterocycles. The number of likely N-dealkylation sites (tertiary alicyclic amines) is 1. The number of nitrogens with zero attached hydrogens (tertiary/aromatic N) is 2. The Morgan fingerprint density at radius 3 is 2.53 bits per heavy atom. The molecule has 0 atom stereocenters. The lowest BCUT2D eigenvalue weighted by atomic mass is 9.96. The van der Waals surface area contributed by atoms with Crippen LogP contribution in [0.3, 0.4) is 0 Å². The summed E-state index contributed by atoms with van der Waals surface area (Å²) < 4.78 is 1.23. The highest BCUT2D eigenvalue weighted by atomic mass is 32.1. The maximum atomic E-state index is 10.7. The summed E-state index contributed by atoms with van der Waals surface area (Å²) in [4.78, 5) is 16.1. The number of hydrogen-bond acceptors (Lipinski definition) is 4. The summed E-state index contributed by atoms with van der Waals surface area (Å²) >= 11 is 1.52. The first-order valence-electron chi connectivity index (χ1n) is 5.39. The molecule has 7 heteroatoms. The van der Waals surface area contributed by atoms with Gasteiger partial charge in [-0.1, -0.05) is 19.6 Å². The van der Waals surface area contributed by atoms with E-state index in [0.29, 0.717) is 5.01 Å². The second-order valence-corrected chi connectivity index (χ2v) is 11.9. The fourth-order valence-corrected chi connectivity index (χ4v) is 4.40. The quantitative estimate of drug-likeness (QED) is 0.784. The largest absolute Gasteiger partial charge is 0.465 e. The first kappa shape index (κ1) is 12.5. The number of carboxylic acid groups (broad SMARTS) is 1. The summed E-state index contributed by atoms with van der Waals surface area (Å²) in [6.07, 6.45) is 0.838. The fraction of sp³-hybridized carbons (Fsp3) is 0.600. The van der Waals surface area contributed by atoms with Crippen molar-refractivity contribution in [2.45, 2.75) is 25.2 Å². The van der Waals surface area contributed by atoms with Crippen LogP contribution in [0.2, 0.25) is 19.6 Å². The third kappa shape index (κ3) is 2.22. The normalized spacial score (nSPS) is 18.9. The summed E-state index contributed by atoms with van der Waals surface area (Å²) in [5.74, 6) is 0. The smallest absolute Gasteiger partial charge is 0.407 e. The second kappa shape index (κ2) is 3.79. The van der Waals surface area contributed by atoms with E-state index in [0.717, 1.165) is 0 Å². The number of rotatable bonds is 2. The van der Waals surface area contributed by atoms with Crippen LogP contribution in [-0.4, -0.2) is 47.4 Å². The van der Waals surface area contributed by atoms with Crippen LogP contribution < -0.4 is 4.50 Å². The fourth-order valence-electron chi connectivity index (χ4n) is 1.69. The van der Waals surface area contributed by atoms with Crippen LogP contribution in [0.25, 0.3) is 0 Å². The Bertz CT molecular complexity index is 449. The zero-order valence-corrected chi connectivity index (χ0v) is 11.9. The van der Waals surface area contributed by atoms with Gasteiger partial charge in [0, 0.05) is 10.7 Å². The molecule has 1 fully saturated rings. The molecule has 1 amide bonds. The lowest BCUT2D eigenvalue weighted by Crippen LogP contribution is -2.60. The molecule has 1 aromatic heterocycles. The summed E-state index contributed by atoms with van der Waals surface area (Å²) in [6, 6.07) is 0. The number of thiazole rings is 1. The van der Waals surface area contributed by atoms with Gasteiger partial charge in [0.2, 0.25) is 0 Å². The number of aromatic nitrogens is 1. The molecular weight excluding hydrogens is 256 g/mol. The zero-order valence-electron chi connectivity index (χ0n) is 10.1. The molecule has 0 unspecified atom stereocenters. The van der Waals surface area contributed by atoms with E-state index in [1.807, 2.05) is 6.20 Å². The molecule has 5 nitrogen and oxygen atoms in total. The molecule has 1 aliphatic rings. The third-order valence-corrected chi connectivity index (χ3v) is 7.57. The number of carbonyl (C=O) groups is 1. The van der Waals surface area contributed by atoms with E-state index in [2.05, 4.69) is 24.6 Å². The average Bonchev–Trinajstić information content (AvgIpc) is 2.60. The van der Waals surface area contributed by atoms with Gasteiger partial charge in [-0.2, -0.15) is 0 Å². The second-order valence-electron chi connectivity index (χ2n) is 5.45. The van der Waals surface area contributed by atoms with Crippen LogP contribution >= 0.6 is 11.3 Å². The molecule has 17 heavy (non-hydrogen) atoms. The minimum Gasteiger partial charge on any atom is -0.465 e. The van der Waals surface area contributed by atoms with E-state index in [9.17, 15) is 9.90 Å². The van der Waals surface area contributed by atoms with Crippen molar-refractivity contribution in [2.24, 2.45) is 0 Å². The molecule has 2 rings (SSSR count). The summed E-state index contributed by atoms with van der Waals surface area (Å²) in [7, 11) is -1.40. The predicted octanol–water partition coefficient (Wildman–Crippen LogP) is 0.870. The van der Waals surface area contributed by atoms with E-state index >= 15 is 0 Å². The van der Waals surface area contributed by atoms with Crippen molar-refractivity contribution in [1.29, 1.82) is 0 Å². The van der Waals surface area contributed by atoms with E-state index in [-0.39, 0.29) is 13.1 Å². The van der Waals surface area contributed by atoms with Crippen molar-refractivity contribution >= 4 is 30.0 Å². The molecule has 94 valence electrons.